The summed E-state index contributed by atoms with van der Waals surface area (Å²) in [5.74, 6) is 0.769. The molecule has 0 bridgehead atoms. The van der Waals surface area contributed by atoms with Gasteiger partial charge in [-0.05, 0) is 44.6 Å². The smallest absolute Gasteiger partial charge is 0.252 e. The van der Waals surface area contributed by atoms with Crippen LogP contribution in [0.2, 0.25) is 0 Å². The molecule has 0 radical (unpaired) electrons. The van der Waals surface area contributed by atoms with Crippen molar-refractivity contribution in [3.05, 3.63) is 21.4 Å². The second kappa shape index (κ2) is 5.02. The Balaban J connectivity index is 2.17. The first-order chi connectivity index (χ1) is 8.43. The molecule has 0 aliphatic heterocycles. The molecule has 0 saturated heterocycles. The average Bonchev–Trinajstić information content (AvgIpc) is 2.71. The fourth-order valence-corrected chi connectivity index (χ4v) is 3.54. The van der Waals surface area contributed by atoms with Crippen LogP contribution in [0.4, 0.5) is 0 Å². The third kappa shape index (κ3) is 2.75. The van der Waals surface area contributed by atoms with Gasteiger partial charge in [-0.1, -0.05) is 6.92 Å². The highest BCUT2D eigenvalue weighted by Crippen LogP contribution is 2.32. The van der Waals surface area contributed by atoms with E-state index in [2.05, 4.69) is 12.2 Å². The van der Waals surface area contributed by atoms with E-state index in [9.17, 15) is 4.79 Å². The molecule has 0 spiro atoms. The highest BCUT2D eigenvalue weighted by atomic mass is 32.1. The number of hydrogen-bond acceptors (Lipinski definition) is 3. The predicted molar refractivity (Wildman–Crippen MR) is 76.1 cm³/mol. The van der Waals surface area contributed by atoms with Gasteiger partial charge in [0.2, 0.25) is 0 Å². The summed E-state index contributed by atoms with van der Waals surface area (Å²) in [4.78, 5) is 13.7. The van der Waals surface area contributed by atoms with Gasteiger partial charge in [-0.3, -0.25) is 4.79 Å². The van der Waals surface area contributed by atoms with Gasteiger partial charge in [-0.25, -0.2) is 0 Å². The van der Waals surface area contributed by atoms with E-state index in [0.29, 0.717) is 6.54 Å². The maximum atomic E-state index is 12.3. The molecule has 1 atom stereocenters. The summed E-state index contributed by atoms with van der Waals surface area (Å²) in [6.07, 6.45) is 3.34. The summed E-state index contributed by atoms with van der Waals surface area (Å²) in [5.41, 5.74) is 7.44. The maximum Gasteiger partial charge on any atom is 0.252 e. The van der Waals surface area contributed by atoms with Gasteiger partial charge in [-0.2, -0.15) is 0 Å². The second-order valence-electron chi connectivity index (χ2n) is 5.94. The molecule has 3 nitrogen and oxygen atoms in total. The predicted octanol–water partition coefficient (Wildman–Crippen LogP) is 2.34. The lowest BCUT2D eigenvalue weighted by atomic mass is 9.88. The van der Waals surface area contributed by atoms with E-state index >= 15 is 0 Å². The Morgan fingerprint density at radius 3 is 3.00 bits per heavy atom. The van der Waals surface area contributed by atoms with Gasteiger partial charge in [0.05, 0.1) is 5.56 Å². The number of amides is 1. The van der Waals surface area contributed by atoms with Crippen molar-refractivity contribution >= 4 is 17.2 Å². The van der Waals surface area contributed by atoms with E-state index in [0.717, 1.165) is 24.3 Å². The number of thiophene rings is 1. The summed E-state index contributed by atoms with van der Waals surface area (Å²) in [5, 5.41) is 5.02. The summed E-state index contributed by atoms with van der Waals surface area (Å²) >= 11 is 1.73. The molecule has 2 rings (SSSR count). The van der Waals surface area contributed by atoms with Gasteiger partial charge in [0, 0.05) is 22.3 Å². The van der Waals surface area contributed by atoms with Crippen LogP contribution in [0.25, 0.3) is 0 Å². The lowest BCUT2D eigenvalue weighted by Gasteiger charge is -2.25. The molecule has 100 valence electrons. The van der Waals surface area contributed by atoms with Crippen molar-refractivity contribution in [1.29, 1.82) is 0 Å². The number of carbonyl (C=O) groups is 1. The quantitative estimate of drug-likeness (QED) is 0.882. The second-order valence-corrected chi connectivity index (χ2v) is 6.91. The molecule has 1 aromatic heterocycles. The Labute approximate surface area is 113 Å². The molecular weight excluding hydrogens is 244 g/mol. The van der Waals surface area contributed by atoms with E-state index in [4.69, 9.17) is 5.73 Å². The van der Waals surface area contributed by atoms with Crippen LogP contribution in [0.5, 0.6) is 0 Å². The lowest BCUT2D eigenvalue weighted by Crippen LogP contribution is -2.49. The fraction of sp³-hybridized carbons (Fsp3) is 0.643. The summed E-state index contributed by atoms with van der Waals surface area (Å²) < 4.78 is 0. The highest BCUT2D eigenvalue weighted by molar-refractivity contribution is 7.10. The number of carbonyl (C=O) groups excluding carboxylic acids is 1. The highest BCUT2D eigenvalue weighted by Gasteiger charge is 2.26. The molecule has 1 heterocycles. The molecule has 0 saturated carbocycles. The first-order valence-electron chi connectivity index (χ1n) is 6.55. The normalized spacial score (nSPS) is 19.4. The van der Waals surface area contributed by atoms with Gasteiger partial charge in [-0.15, -0.1) is 11.3 Å². The molecule has 3 N–H and O–H groups in total. The van der Waals surface area contributed by atoms with Crippen LogP contribution in [-0.2, 0) is 12.8 Å². The average molecular weight is 266 g/mol. The van der Waals surface area contributed by atoms with Crippen molar-refractivity contribution in [2.75, 3.05) is 6.54 Å². The molecule has 1 aliphatic rings. The SMILES string of the molecule is CC1CCc2c(C(=O)NC(C)(C)CN)csc2C1. The largest absolute Gasteiger partial charge is 0.346 e. The van der Waals surface area contributed by atoms with Crippen molar-refractivity contribution < 1.29 is 4.79 Å². The van der Waals surface area contributed by atoms with E-state index < -0.39 is 0 Å². The molecule has 1 aromatic rings. The Hall–Kier alpha value is -0.870. The van der Waals surface area contributed by atoms with Crippen molar-refractivity contribution in [2.45, 2.75) is 45.6 Å². The topological polar surface area (TPSA) is 55.1 Å². The monoisotopic (exact) mass is 266 g/mol. The molecule has 0 aromatic carbocycles. The summed E-state index contributed by atoms with van der Waals surface area (Å²) in [6, 6.07) is 0. The molecular formula is C14H22N2OS. The minimum Gasteiger partial charge on any atom is -0.346 e. The zero-order valence-electron chi connectivity index (χ0n) is 11.4. The molecule has 1 amide bonds. The van der Waals surface area contributed by atoms with Crippen molar-refractivity contribution in [1.82, 2.24) is 5.32 Å². The lowest BCUT2D eigenvalue weighted by molar-refractivity contribution is 0.0915. The van der Waals surface area contributed by atoms with Gasteiger partial charge >= 0.3 is 0 Å². The minimum atomic E-state index is -0.339. The summed E-state index contributed by atoms with van der Waals surface area (Å²) in [7, 11) is 0. The fourth-order valence-electron chi connectivity index (χ4n) is 2.29. The Bertz CT molecular complexity index is 451. The van der Waals surface area contributed by atoms with E-state index in [1.54, 1.807) is 11.3 Å². The van der Waals surface area contributed by atoms with E-state index in [1.807, 2.05) is 19.2 Å². The molecule has 4 heteroatoms. The van der Waals surface area contributed by atoms with Crippen molar-refractivity contribution in [3.8, 4) is 0 Å². The molecule has 0 fully saturated rings. The number of nitrogens with two attached hydrogens (primary N) is 1. The molecule has 1 aliphatic carbocycles. The van der Waals surface area contributed by atoms with E-state index in [-0.39, 0.29) is 11.4 Å². The van der Waals surface area contributed by atoms with Crippen molar-refractivity contribution in [3.63, 3.8) is 0 Å². The summed E-state index contributed by atoms with van der Waals surface area (Å²) in [6.45, 7) is 6.62. The molecule has 1 unspecified atom stereocenters. The van der Waals surface area contributed by atoms with Crippen LogP contribution in [0.15, 0.2) is 5.38 Å². The Kier molecular flexibility index (Phi) is 3.78. The number of fused-ring (bicyclic) bond motifs is 1. The third-order valence-corrected chi connectivity index (χ3v) is 4.66. The van der Waals surface area contributed by atoms with Crippen LogP contribution >= 0.6 is 11.3 Å². The maximum absolute atomic E-state index is 12.3. The van der Waals surface area contributed by atoms with E-state index in [1.165, 1.54) is 16.9 Å². The van der Waals surface area contributed by atoms with Gasteiger partial charge in [0.1, 0.15) is 0 Å². The third-order valence-electron chi connectivity index (χ3n) is 3.61. The van der Waals surface area contributed by atoms with Gasteiger partial charge in [0.15, 0.2) is 0 Å². The first-order valence-corrected chi connectivity index (χ1v) is 7.43. The standard InChI is InChI=1S/C14H22N2OS/c1-9-4-5-10-11(7-18-12(10)6-9)13(17)16-14(2,3)8-15/h7,9H,4-6,8,15H2,1-3H3,(H,16,17). The van der Waals surface area contributed by atoms with Crippen LogP contribution < -0.4 is 11.1 Å². The number of rotatable bonds is 3. The van der Waals surface area contributed by atoms with Crippen molar-refractivity contribution in [2.24, 2.45) is 11.7 Å². The minimum absolute atomic E-state index is 0.0255. The zero-order chi connectivity index (χ0) is 13.3. The number of hydrogen-bond donors (Lipinski definition) is 2. The van der Waals surface area contributed by atoms with Gasteiger partial charge < -0.3 is 11.1 Å². The Morgan fingerprint density at radius 2 is 2.33 bits per heavy atom. The van der Waals surface area contributed by atoms with Crippen LogP contribution in [0, 0.1) is 5.92 Å². The number of nitrogens with one attached hydrogen (secondary N) is 1. The van der Waals surface area contributed by atoms with Gasteiger partial charge in [0.25, 0.3) is 5.91 Å². The molecule has 18 heavy (non-hydrogen) atoms. The van der Waals surface area contributed by atoms with Crippen LogP contribution in [0.1, 0.15) is 48.0 Å². The first kappa shape index (κ1) is 13.6. The Morgan fingerprint density at radius 1 is 1.61 bits per heavy atom. The van der Waals surface area contributed by atoms with Crippen LogP contribution in [0.3, 0.4) is 0 Å². The van der Waals surface area contributed by atoms with Crippen LogP contribution in [-0.4, -0.2) is 18.0 Å². The zero-order valence-corrected chi connectivity index (χ0v) is 12.2.